The van der Waals surface area contributed by atoms with Crippen molar-refractivity contribution in [3.63, 3.8) is 0 Å². The minimum atomic E-state index is 0.819. The van der Waals surface area contributed by atoms with E-state index in [-0.39, 0.29) is 0 Å². The van der Waals surface area contributed by atoms with Crippen molar-refractivity contribution in [2.45, 2.75) is 46.1 Å². The highest BCUT2D eigenvalue weighted by molar-refractivity contribution is 4.85. The number of rotatable bonds is 8. The molecule has 0 bridgehead atoms. The first-order valence-electron chi connectivity index (χ1n) is 6.05. The molecule has 1 heterocycles. The standard InChI is InChI=1S/C12H23N3/c1-3-5-6-11(4-2)9-13-10-12-14-7-8-15-12/h7-8,11,13H,3-6,9-10H2,1-2H3,(H,14,15). The molecular weight excluding hydrogens is 186 g/mol. The van der Waals surface area contributed by atoms with Crippen LogP contribution in [-0.4, -0.2) is 16.5 Å². The van der Waals surface area contributed by atoms with Gasteiger partial charge in [0.05, 0.1) is 6.54 Å². The molecule has 1 rings (SSSR count). The largest absolute Gasteiger partial charge is 0.348 e. The first kappa shape index (κ1) is 12.2. The summed E-state index contributed by atoms with van der Waals surface area (Å²) in [7, 11) is 0. The van der Waals surface area contributed by atoms with Crippen LogP contribution in [0, 0.1) is 5.92 Å². The Balaban J connectivity index is 2.11. The van der Waals surface area contributed by atoms with Crippen LogP contribution in [0.5, 0.6) is 0 Å². The molecule has 0 amide bonds. The third-order valence-electron chi connectivity index (χ3n) is 2.82. The zero-order chi connectivity index (χ0) is 10.9. The van der Waals surface area contributed by atoms with Crippen LogP contribution >= 0.6 is 0 Å². The predicted molar refractivity (Wildman–Crippen MR) is 63.6 cm³/mol. The van der Waals surface area contributed by atoms with Crippen molar-refractivity contribution in [1.29, 1.82) is 0 Å². The van der Waals surface area contributed by atoms with Crippen molar-refractivity contribution in [3.8, 4) is 0 Å². The van der Waals surface area contributed by atoms with E-state index in [2.05, 4.69) is 29.1 Å². The third-order valence-corrected chi connectivity index (χ3v) is 2.82. The second-order valence-corrected chi connectivity index (χ2v) is 4.08. The van der Waals surface area contributed by atoms with E-state index in [0.717, 1.165) is 24.8 Å². The Morgan fingerprint density at radius 2 is 2.33 bits per heavy atom. The van der Waals surface area contributed by atoms with E-state index in [9.17, 15) is 0 Å². The van der Waals surface area contributed by atoms with Gasteiger partial charge in [-0.1, -0.05) is 33.1 Å². The second kappa shape index (κ2) is 7.46. The van der Waals surface area contributed by atoms with Crippen LogP contribution in [0.3, 0.4) is 0 Å². The van der Waals surface area contributed by atoms with E-state index in [1.54, 1.807) is 6.20 Å². The minimum Gasteiger partial charge on any atom is -0.348 e. The Bertz CT molecular complexity index is 231. The molecule has 1 aromatic heterocycles. The topological polar surface area (TPSA) is 40.7 Å². The van der Waals surface area contributed by atoms with Gasteiger partial charge >= 0.3 is 0 Å². The molecule has 1 unspecified atom stereocenters. The Kier molecular flexibility index (Phi) is 6.09. The lowest BCUT2D eigenvalue weighted by atomic mass is 9.99. The first-order chi connectivity index (χ1) is 7.36. The maximum atomic E-state index is 4.18. The van der Waals surface area contributed by atoms with Gasteiger partial charge < -0.3 is 10.3 Å². The monoisotopic (exact) mass is 209 g/mol. The lowest BCUT2D eigenvalue weighted by molar-refractivity contribution is 0.417. The predicted octanol–water partition coefficient (Wildman–Crippen LogP) is 2.72. The second-order valence-electron chi connectivity index (χ2n) is 4.08. The molecule has 0 aliphatic heterocycles. The number of H-pyrrole nitrogens is 1. The average Bonchev–Trinajstić information content (AvgIpc) is 2.76. The van der Waals surface area contributed by atoms with Gasteiger partial charge in [0.2, 0.25) is 0 Å². The van der Waals surface area contributed by atoms with Crippen molar-refractivity contribution in [3.05, 3.63) is 18.2 Å². The van der Waals surface area contributed by atoms with E-state index >= 15 is 0 Å². The summed E-state index contributed by atoms with van der Waals surface area (Å²) >= 11 is 0. The summed E-state index contributed by atoms with van der Waals surface area (Å²) in [5.74, 6) is 1.85. The van der Waals surface area contributed by atoms with Crippen molar-refractivity contribution >= 4 is 0 Å². The van der Waals surface area contributed by atoms with Gasteiger partial charge in [0.25, 0.3) is 0 Å². The molecule has 0 saturated heterocycles. The van der Waals surface area contributed by atoms with Crippen LogP contribution in [0.25, 0.3) is 0 Å². The lowest BCUT2D eigenvalue weighted by Crippen LogP contribution is -2.22. The molecule has 3 heteroatoms. The highest BCUT2D eigenvalue weighted by atomic mass is 15.0. The normalized spacial score (nSPS) is 12.9. The molecule has 15 heavy (non-hydrogen) atoms. The van der Waals surface area contributed by atoms with E-state index in [4.69, 9.17) is 0 Å². The molecule has 0 aliphatic carbocycles. The smallest absolute Gasteiger partial charge is 0.120 e. The van der Waals surface area contributed by atoms with Gasteiger partial charge in [-0.15, -0.1) is 0 Å². The van der Waals surface area contributed by atoms with E-state index < -0.39 is 0 Å². The average molecular weight is 209 g/mol. The fourth-order valence-corrected chi connectivity index (χ4v) is 1.73. The highest BCUT2D eigenvalue weighted by Gasteiger charge is 2.05. The van der Waals surface area contributed by atoms with E-state index in [1.807, 2.05) is 6.20 Å². The van der Waals surface area contributed by atoms with Gasteiger partial charge in [-0.3, -0.25) is 0 Å². The fourth-order valence-electron chi connectivity index (χ4n) is 1.73. The number of nitrogens with one attached hydrogen (secondary N) is 2. The molecule has 86 valence electrons. The Hall–Kier alpha value is -0.830. The number of hydrogen-bond acceptors (Lipinski definition) is 2. The van der Waals surface area contributed by atoms with Gasteiger partial charge in [-0.2, -0.15) is 0 Å². The van der Waals surface area contributed by atoms with Gasteiger partial charge in [0.15, 0.2) is 0 Å². The Labute approximate surface area is 92.7 Å². The van der Waals surface area contributed by atoms with Crippen LogP contribution in [0.4, 0.5) is 0 Å². The fraction of sp³-hybridized carbons (Fsp3) is 0.750. The molecule has 1 aromatic rings. The van der Waals surface area contributed by atoms with Crippen molar-refractivity contribution < 1.29 is 0 Å². The Morgan fingerprint density at radius 1 is 1.47 bits per heavy atom. The van der Waals surface area contributed by atoms with Crippen LogP contribution in [0.1, 0.15) is 45.4 Å². The number of aromatic nitrogens is 2. The van der Waals surface area contributed by atoms with Gasteiger partial charge in [-0.05, 0) is 18.9 Å². The molecule has 0 radical (unpaired) electrons. The molecule has 0 fully saturated rings. The quantitative estimate of drug-likeness (QED) is 0.691. The van der Waals surface area contributed by atoms with Crippen LogP contribution in [0.15, 0.2) is 12.4 Å². The summed E-state index contributed by atoms with van der Waals surface area (Å²) in [6.07, 6.45) is 8.93. The number of nitrogens with zero attached hydrogens (tertiary/aromatic N) is 1. The first-order valence-corrected chi connectivity index (χ1v) is 6.05. The zero-order valence-corrected chi connectivity index (χ0v) is 9.92. The van der Waals surface area contributed by atoms with Crippen molar-refractivity contribution in [1.82, 2.24) is 15.3 Å². The van der Waals surface area contributed by atoms with Crippen molar-refractivity contribution in [2.24, 2.45) is 5.92 Å². The number of hydrogen-bond donors (Lipinski definition) is 2. The molecule has 0 spiro atoms. The maximum absolute atomic E-state index is 4.18. The molecule has 3 nitrogen and oxygen atoms in total. The summed E-state index contributed by atoms with van der Waals surface area (Å²) < 4.78 is 0. The van der Waals surface area contributed by atoms with Crippen molar-refractivity contribution in [2.75, 3.05) is 6.54 Å². The van der Waals surface area contributed by atoms with Gasteiger partial charge in [-0.25, -0.2) is 4.98 Å². The molecular formula is C12H23N3. The SMILES string of the molecule is CCCCC(CC)CNCc1ncc[nH]1. The summed E-state index contributed by atoms with van der Waals surface area (Å²) in [6, 6.07) is 0. The molecule has 2 N–H and O–H groups in total. The number of unbranched alkanes of at least 4 members (excludes halogenated alkanes) is 1. The van der Waals surface area contributed by atoms with Crippen LogP contribution in [0.2, 0.25) is 0 Å². The molecule has 0 saturated carbocycles. The van der Waals surface area contributed by atoms with E-state index in [0.29, 0.717) is 0 Å². The maximum Gasteiger partial charge on any atom is 0.120 e. The summed E-state index contributed by atoms with van der Waals surface area (Å²) in [4.78, 5) is 7.28. The molecule has 1 atom stereocenters. The summed E-state index contributed by atoms with van der Waals surface area (Å²) in [5.41, 5.74) is 0. The Morgan fingerprint density at radius 3 is 2.93 bits per heavy atom. The zero-order valence-electron chi connectivity index (χ0n) is 9.92. The van der Waals surface area contributed by atoms with Crippen LogP contribution < -0.4 is 5.32 Å². The van der Waals surface area contributed by atoms with Gasteiger partial charge in [0, 0.05) is 12.4 Å². The lowest BCUT2D eigenvalue weighted by Gasteiger charge is -2.14. The minimum absolute atomic E-state index is 0.819. The van der Waals surface area contributed by atoms with Gasteiger partial charge in [0.1, 0.15) is 5.82 Å². The number of aromatic amines is 1. The molecule has 0 aromatic carbocycles. The third kappa shape index (κ3) is 4.98. The van der Waals surface area contributed by atoms with Crippen LogP contribution in [-0.2, 0) is 6.54 Å². The summed E-state index contributed by atoms with van der Waals surface area (Å²) in [5, 5.41) is 3.45. The number of imidazole rings is 1. The van der Waals surface area contributed by atoms with E-state index in [1.165, 1.54) is 25.7 Å². The molecule has 0 aliphatic rings. The summed E-state index contributed by atoms with van der Waals surface area (Å²) in [6.45, 7) is 6.49. The highest BCUT2D eigenvalue weighted by Crippen LogP contribution is 2.11.